The highest BCUT2D eigenvalue weighted by Crippen LogP contribution is 2.41. The Bertz CT molecular complexity index is 1060. The largest absolute Gasteiger partial charge is 0.484 e. The molecule has 0 bridgehead atoms. The molecule has 2 fully saturated rings. The molecule has 152 valence electrons. The van der Waals surface area contributed by atoms with E-state index in [9.17, 15) is 4.39 Å². The van der Waals surface area contributed by atoms with E-state index in [1.807, 2.05) is 19.2 Å². The van der Waals surface area contributed by atoms with Crippen LogP contribution in [0.1, 0.15) is 26.7 Å². The van der Waals surface area contributed by atoms with Crippen molar-refractivity contribution < 1.29 is 9.13 Å². The molecule has 0 spiro atoms. The first-order valence-corrected chi connectivity index (χ1v) is 10.2. The van der Waals surface area contributed by atoms with Gasteiger partial charge in [0.15, 0.2) is 11.6 Å². The summed E-state index contributed by atoms with van der Waals surface area (Å²) in [5, 5.41) is 8.29. The second kappa shape index (κ2) is 6.69. The Morgan fingerprint density at radius 3 is 2.83 bits per heavy atom. The van der Waals surface area contributed by atoms with Gasteiger partial charge in [-0.05, 0) is 51.9 Å². The molecule has 0 radical (unpaired) electrons. The first-order valence-electron chi connectivity index (χ1n) is 10.2. The number of fused-ring (bicyclic) bond motifs is 1. The quantitative estimate of drug-likeness (QED) is 0.728. The van der Waals surface area contributed by atoms with Crippen molar-refractivity contribution in [1.82, 2.24) is 20.1 Å². The Morgan fingerprint density at radius 2 is 2.07 bits per heavy atom. The second-order valence-corrected chi connectivity index (χ2v) is 8.63. The van der Waals surface area contributed by atoms with E-state index in [0.29, 0.717) is 17.3 Å². The first kappa shape index (κ1) is 18.4. The molecule has 1 saturated heterocycles. The van der Waals surface area contributed by atoms with Gasteiger partial charge in [0.1, 0.15) is 17.1 Å². The number of nitrogens with one attached hydrogen (secondary N) is 1. The zero-order valence-corrected chi connectivity index (χ0v) is 17.1. The number of halogens is 1. The lowest BCUT2D eigenvalue weighted by molar-refractivity contribution is 0.191. The summed E-state index contributed by atoms with van der Waals surface area (Å²) in [5.74, 6) is 0.882. The van der Waals surface area contributed by atoms with Crippen molar-refractivity contribution in [2.75, 3.05) is 31.6 Å². The molecule has 1 aliphatic heterocycles. The number of pyridine rings is 1. The van der Waals surface area contributed by atoms with Crippen molar-refractivity contribution in [3.8, 4) is 17.0 Å². The lowest BCUT2D eigenvalue weighted by Crippen LogP contribution is -2.50. The fourth-order valence-electron chi connectivity index (χ4n) is 3.86. The van der Waals surface area contributed by atoms with E-state index in [-0.39, 0.29) is 11.4 Å². The van der Waals surface area contributed by atoms with Crippen LogP contribution < -0.4 is 9.64 Å². The van der Waals surface area contributed by atoms with Gasteiger partial charge in [-0.3, -0.25) is 5.10 Å². The van der Waals surface area contributed by atoms with E-state index < -0.39 is 0 Å². The van der Waals surface area contributed by atoms with E-state index in [0.717, 1.165) is 54.9 Å². The van der Waals surface area contributed by atoms with Crippen molar-refractivity contribution in [1.29, 1.82) is 0 Å². The van der Waals surface area contributed by atoms with Gasteiger partial charge in [-0.25, -0.2) is 9.37 Å². The van der Waals surface area contributed by atoms with Crippen LogP contribution >= 0.6 is 0 Å². The van der Waals surface area contributed by atoms with Gasteiger partial charge in [-0.15, -0.1) is 0 Å². The Kier molecular flexibility index (Phi) is 4.24. The van der Waals surface area contributed by atoms with Crippen LogP contribution in [0, 0.1) is 5.82 Å². The van der Waals surface area contributed by atoms with Gasteiger partial charge in [-0.1, -0.05) is 0 Å². The monoisotopic (exact) mass is 395 g/mol. The number of ether oxygens (including phenoxy) is 1. The van der Waals surface area contributed by atoms with Gasteiger partial charge >= 0.3 is 0 Å². The first-order chi connectivity index (χ1) is 13.9. The minimum atomic E-state index is -0.359. The van der Waals surface area contributed by atoms with Crippen molar-refractivity contribution >= 4 is 16.7 Å². The molecule has 7 heteroatoms. The molecule has 2 aromatic heterocycles. The average molecular weight is 395 g/mol. The molecule has 1 atom stereocenters. The van der Waals surface area contributed by atoms with Crippen LogP contribution in [-0.4, -0.2) is 58.4 Å². The number of hydrogen-bond donors (Lipinski definition) is 1. The van der Waals surface area contributed by atoms with Crippen LogP contribution in [0.5, 0.6) is 5.75 Å². The van der Waals surface area contributed by atoms with Crippen molar-refractivity contribution in [2.45, 2.75) is 38.3 Å². The number of hydrogen-bond acceptors (Lipinski definition) is 5. The molecule has 6 nitrogen and oxygen atoms in total. The fraction of sp³-hybridized carbons (Fsp3) is 0.455. The Hall–Kier alpha value is -2.67. The zero-order chi connectivity index (χ0) is 20.2. The van der Waals surface area contributed by atoms with Gasteiger partial charge in [0.2, 0.25) is 0 Å². The van der Waals surface area contributed by atoms with Gasteiger partial charge in [0.25, 0.3) is 0 Å². The molecule has 1 N–H and O–H groups in total. The maximum absolute atomic E-state index is 14.5. The SMILES string of the molecule is C[C@H]1CN(c2cc(-c3n[nH]c4cc(F)c(OC5(C)CC5)cc34)ccn2)CCN1C. The summed E-state index contributed by atoms with van der Waals surface area (Å²) in [5.41, 5.74) is 2.18. The molecule has 5 rings (SSSR count). The number of likely N-dealkylation sites (N-methyl/N-ethyl adjacent to an activating group) is 1. The number of aromatic nitrogens is 3. The van der Waals surface area contributed by atoms with E-state index in [1.165, 1.54) is 6.07 Å². The minimum Gasteiger partial charge on any atom is -0.484 e. The number of rotatable bonds is 4. The maximum atomic E-state index is 14.5. The topological polar surface area (TPSA) is 57.3 Å². The molecule has 0 unspecified atom stereocenters. The molecule has 1 saturated carbocycles. The summed E-state index contributed by atoms with van der Waals surface area (Å²) in [6.45, 7) is 7.14. The van der Waals surface area contributed by atoms with Crippen LogP contribution in [0.2, 0.25) is 0 Å². The molecular weight excluding hydrogens is 369 g/mol. The third kappa shape index (κ3) is 3.44. The van der Waals surface area contributed by atoms with Crippen molar-refractivity contribution in [3.63, 3.8) is 0 Å². The Labute approximate surface area is 169 Å². The summed E-state index contributed by atoms with van der Waals surface area (Å²) in [7, 11) is 2.16. The number of piperazine rings is 1. The molecule has 1 aromatic carbocycles. The van der Waals surface area contributed by atoms with Crippen LogP contribution in [0.3, 0.4) is 0 Å². The van der Waals surface area contributed by atoms with E-state index in [2.05, 4.69) is 45.0 Å². The Balaban J connectivity index is 1.50. The second-order valence-electron chi connectivity index (χ2n) is 8.63. The fourth-order valence-corrected chi connectivity index (χ4v) is 3.86. The minimum absolute atomic E-state index is 0.236. The van der Waals surface area contributed by atoms with E-state index in [4.69, 9.17) is 4.74 Å². The zero-order valence-electron chi connectivity index (χ0n) is 17.1. The summed E-state index contributed by atoms with van der Waals surface area (Å²) < 4.78 is 20.4. The standard InChI is InChI=1S/C22H26FN5O/c1-14-13-28(9-8-27(14)3)20-10-15(4-7-24-20)21-16-11-19(29-22(2)5-6-22)17(23)12-18(16)25-26-21/h4,7,10-12,14H,5-6,8-9,13H2,1-3H3,(H,25,26)/t14-/m0/s1. The summed E-state index contributed by atoms with van der Waals surface area (Å²) >= 11 is 0. The number of nitrogens with zero attached hydrogens (tertiary/aromatic N) is 4. The predicted octanol–water partition coefficient (Wildman–Crippen LogP) is 3.84. The predicted molar refractivity (Wildman–Crippen MR) is 112 cm³/mol. The number of anilines is 1. The highest BCUT2D eigenvalue weighted by atomic mass is 19.1. The van der Waals surface area contributed by atoms with Crippen LogP contribution in [0.25, 0.3) is 22.2 Å². The third-order valence-electron chi connectivity index (χ3n) is 6.23. The number of benzene rings is 1. The van der Waals surface area contributed by atoms with Crippen LogP contribution in [0.15, 0.2) is 30.5 Å². The summed E-state index contributed by atoms with van der Waals surface area (Å²) in [4.78, 5) is 9.26. The highest BCUT2D eigenvalue weighted by molar-refractivity contribution is 5.94. The summed E-state index contributed by atoms with van der Waals surface area (Å²) in [6, 6.07) is 7.74. The van der Waals surface area contributed by atoms with Gasteiger partial charge in [0.05, 0.1) is 5.52 Å². The summed E-state index contributed by atoms with van der Waals surface area (Å²) in [6.07, 6.45) is 3.74. The Morgan fingerprint density at radius 1 is 1.24 bits per heavy atom. The van der Waals surface area contributed by atoms with Gasteiger partial charge in [0, 0.05) is 48.9 Å². The number of H-pyrrole nitrogens is 1. The number of aromatic amines is 1. The van der Waals surface area contributed by atoms with Crippen LogP contribution in [-0.2, 0) is 0 Å². The average Bonchev–Trinajstić information content (AvgIpc) is 3.29. The molecule has 3 aromatic rings. The molecule has 0 amide bonds. The molecule has 1 aliphatic carbocycles. The lowest BCUT2D eigenvalue weighted by Gasteiger charge is -2.38. The highest BCUT2D eigenvalue weighted by Gasteiger charge is 2.40. The smallest absolute Gasteiger partial charge is 0.167 e. The molecule has 2 aliphatic rings. The van der Waals surface area contributed by atoms with E-state index >= 15 is 0 Å². The van der Waals surface area contributed by atoms with E-state index in [1.54, 1.807) is 6.07 Å². The molecule has 29 heavy (non-hydrogen) atoms. The third-order valence-corrected chi connectivity index (χ3v) is 6.23. The normalized spacial score (nSPS) is 21.5. The molecular formula is C22H26FN5O. The maximum Gasteiger partial charge on any atom is 0.167 e. The van der Waals surface area contributed by atoms with Crippen LogP contribution in [0.4, 0.5) is 10.2 Å². The van der Waals surface area contributed by atoms with Gasteiger partial charge < -0.3 is 14.5 Å². The van der Waals surface area contributed by atoms with Crippen molar-refractivity contribution in [3.05, 3.63) is 36.3 Å². The van der Waals surface area contributed by atoms with Crippen molar-refractivity contribution in [2.24, 2.45) is 0 Å². The van der Waals surface area contributed by atoms with Gasteiger partial charge in [-0.2, -0.15) is 5.10 Å². The molecule has 3 heterocycles. The lowest BCUT2D eigenvalue weighted by atomic mass is 10.1.